The predicted octanol–water partition coefficient (Wildman–Crippen LogP) is 1.92. The zero-order valence-corrected chi connectivity index (χ0v) is 13.0. The molecule has 3 aromatic rings. The van der Waals surface area contributed by atoms with Crippen LogP contribution in [0.4, 0.5) is 5.82 Å². The molecule has 0 aliphatic heterocycles. The van der Waals surface area contributed by atoms with Gasteiger partial charge in [0.1, 0.15) is 16.7 Å². The molecule has 22 heavy (non-hydrogen) atoms. The molecule has 0 N–H and O–H groups in total. The molecule has 0 saturated carbocycles. The third-order valence-corrected chi connectivity index (χ3v) is 3.69. The summed E-state index contributed by atoms with van der Waals surface area (Å²) >= 11 is 3.08. The molecule has 3 heterocycles. The number of nitro groups is 1. The van der Waals surface area contributed by atoms with Crippen molar-refractivity contribution in [2.45, 2.75) is 13.5 Å². The van der Waals surface area contributed by atoms with Crippen molar-refractivity contribution in [2.24, 2.45) is 0 Å². The minimum absolute atomic E-state index is 0.173. The number of halogens is 1. The third-order valence-electron chi connectivity index (χ3n) is 3.13. The highest BCUT2D eigenvalue weighted by atomic mass is 79.9. The number of hydrogen-bond acceptors (Lipinski definition) is 5. The second kappa shape index (κ2) is 5.34. The molecule has 3 aromatic heterocycles. The highest BCUT2D eigenvalue weighted by molar-refractivity contribution is 9.10. The van der Waals surface area contributed by atoms with Gasteiger partial charge in [-0.05, 0) is 39.9 Å². The Hall–Kier alpha value is -2.55. The molecule has 9 heteroatoms. The molecule has 0 aromatic carbocycles. The van der Waals surface area contributed by atoms with Gasteiger partial charge in [0.15, 0.2) is 0 Å². The molecule has 3 rings (SSSR count). The molecule has 0 amide bonds. The Morgan fingerprint density at radius 1 is 1.41 bits per heavy atom. The highest BCUT2D eigenvalue weighted by Crippen LogP contribution is 2.22. The van der Waals surface area contributed by atoms with Gasteiger partial charge >= 0.3 is 5.82 Å². The summed E-state index contributed by atoms with van der Waals surface area (Å²) in [5, 5.41) is 14.6. The van der Waals surface area contributed by atoms with Crippen LogP contribution >= 0.6 is 15.9 Å². The maximum Gasteiger partial charge on any atom is 0.404 e. The van der Waals surface area contributed by atoms with E-state index in [1.54, 1.807) is 6.07 Å². The summed E-state index contributed by atoms with van der Waals surface area (Å²) in [6, 6.07) is 6.78. The van der Waals surface area contributed by atoms with Crippen LogP contribution in [0.1, 0.15) is 11.4 Å². The average Bonchev–Trinajstić information content (AvgIpc) is 2.79. The molecule has 8 nitrogen and oxygen atoms in total. The Morgan fingerprint density at radius 2 is 2.18 bits per heavy atom. The second-order valence-electron chi connectivity index (χ2n) is 4.70. The predicted molar refractivity (Wildman–Crippen MR) is 81.9 cm³/mol. The van der Waals surface area contributed by atoms with Gasteiger partial charge in [-0.2, -0.15) is 4.68 Å². The lowest BCUT2D eigenvalue weighted by Gasteiger charge is -2.05. The first kappa shape index (κ1) is 14.4. The van der Waals surface area contributed by atoms with Crippen molar-refractivity contribution in [3.63, 3.8) is 0 Å². The molecular weight excluding hydrogens is 354 g/mol. The van der Waals surface area contributed by atoms with Gasteiger partial charge in [-0.1, -0.05) is 6.07 Å². The van der Waals surface area contributed by atoms with Gasteiger partial charge < -0.3 is 10.1 Å². The van der Waals surface area contributed by atoms with Crippen LogP contribution in [0.25, 0.3) is 5.65 Å². The minimum Gasteiger partial charge on any atom is -0.358 e. The van der Waals surface area contributed by atoms with Crippen LogP contribution in [0.5, 0.6) is 0 Å². The molecule has 0 atom stereocenters. The van der Waals surface area contributed by atoms with E-state index in [4.69, 9.17) is 0 Å². The van der Waals surface area contributed by atoms with E-state index in [1.807, 2.05) is 19.1 Å². The van der Waals surface area contributed by atoms with E-state index in [2.05, 4.69) is 26.0 Å². The van der Waals surface area contributed by atoms with E-state index in [9.17, 15) is 14.9 Å². The number of fused-ring (bicyclic) bond motifs is 1. The molecule has 0 saturated heterocycles. The van der Waals surface area contributed by atoms with Gasteiger partial charge in [-0.15, -0.1) is 0 Å². The second-order valence-corrected chi connectivity index (χ2v) is 5.56. The first-order valence-corrected chi connectivity index (χ1v) is 7.10. The molecule has 0 unspecified atom stereocenters. The van der Waals surface area contributed by atoms with Gasteiger partial charge in [-0.3, -0.25) is 9.20 Å². The monoisotopic (exact) mass is 363 g/mol. The van der Waals surface area contributed by atoms with Crippen LogP contribution in [-0.4, -0.2) is 24.1 Å². The summed E-state index contributed by atoms with van der Waals surface area (Å²) in [6.45, 7) is 2.00. The summed E-state index contributed by atoms with van der Waals surface area (Å²) in [4.78, 5) is 26.8. The Balaban J connectivity index is 2.03. The lowest BCUT2D eigenvalue weighted by molar-refractivity contribution is -0.390. The van der Waals surface area contributed by atoms with Crippen LogP contribution in [-0.2, 0) is 6.54 Å². The number of pyridine rings is 1. The molecule has 0 fully saturated rings. The van der Waals surface area contributed by atoms with Crippen LogP contribution in [0.3, 0.4) is 0 Å². The summed E-state index contributed by atoms with van der Waals surface area (Å²) in [7, 11) is 0. The molecule has 0 radical (unpaired) electrons. The Morgan fingerprint density at radius 3 is 2.86 bits per heavy atom. The lowest BCUT2D eigenvalue weighted by atomic mass is 10.3. The molecule has 0 bridgehead atoms. The van der Waals surface area contributed by atoms with Gasteiger partial charge in [0, 0.05) is 11.8 Å². The fourth-order valence-electron chi connectivity index (χ4n) is 2.20. The Labute approximate surface area is 132 Å². The summed E-state index contributed by atoms with van der Waals surface area (Å²) in [5.41, 5.74) is 1.61. The summed E-state index contributed by atoms with van der Waals surface area (Å²) in [5.74, 6) is -0.270. The van der Waals surface area contributed by atoms with Crippen molar-refractivity contribution in [1.82, 2.24) is 19.2 Å². The van der Waals surface area contributed by atoms with Crippen LogP contribution in [0, 0.1) is 17.0 Å². The maximum atomic E-state index is 12.2. The minimum atomic E-state index is -0.577. The van der Waals surface area contributed by atoms with E-state index in [-0.39, 0.29) is 22.4 Å². The van der Waals surface area contributed by atoms with Gasteiger partial charge in [-0.25, -0.2) is 4.98 Å². The number of aryl methyl sites for hydroxylation is 1. The van der Waals surface area contributed by atoms with Gasteiger partial charge in [0.2, 0.25) is 0 Å². The third kappa shape index (κ3) is 2.50. The topological polar surface area (TPSA) is 95.3 Å². The number of aromatic nitrogens is 4. The maximum absolute atomic E-state index is 12.2. The van der Waals surface area contributed by atoms with E-state index >= 15 is 0 Å². The first-order chi connectivity index (χ1) is 10.5. The quantitative estimate of drug-likeness (QED) is 0.523. The summed E-state index contributed by atoms with van der Waals surface area (Å²) in [6.07, 6.45) is 1.48. The van der Waals surface area contributed by atoms with E-state index in [1.165, 1.54) is 21.3 Å². The average molecular weight is 364 g/mol. The zero-order valence-electron chi connectivity index (χ0n) is 11.4. The van der Waals surface area contributed by atoms with Crippen molar-refractivity contribution in [3.8, 4) is 0 Å². The number of rotatable bonds is 3. The van der Waals surface area contributed by atoms with E-state index in [0.29, 0.717) is 11.3 Å². The standard InChI is InChI=1S/C13H10BrN5O3/c1-8-3-2-4-11-15-9(5-12(20)18(8)11)6-17-7-10(14)13(16-17)19(21)22/h2-5,7H,6H2,1H3. The highest BCUT2D eigenvalue weighted by Gasteiger charge is 2.19. The molecule has 0 spiro atoms. The number of nitrogens with zero attached hydrogens (tertiary/aromatic N) is 5. The van der Waals surface area contributed by atoms with Crippen molar-refractivity contribution < 1.29 is 4.92 Å². The Bertz CT molecular complexity index is 946. The van der Waals surface area contributed by atoms with Crippen molar-refractivity contribution in [2.75, 3.05) is 0 Å². The van der Waals surface area contributed by atoms with Crippen LogP contribution < -0.4 is 5.56 Å². The fourth-order valence-corrected chi connectivity index (χ4v) is 2.66. The van der Waals surface area contributed by atoms with E-state index < -0.39 is 4.92 Å². The smallest absolute Gasteiger partial charge is 0.358 e. The van der Waals surface area contributed by atoms with Crippen molar-refractivity contribution in [1.29, 1.82) is 0 Å². The molecular formula is C13H10BrN5O3. The van der Waals surface area contributed by atoms with Gasteiger partial charge in [0.05, 0.1) is 17.0 Å². The van der Waals surface area contributed by atoms with Crippen LogP contribution in [0.2, 0.25) is 0 Å². The molecule has 112 valence electrons. The first-order valence-electron chi connectivity index (χ1n) is 6.31. The van der Waals surface area contributed by atoms with E-state index in [0.717, 1.165) is 5.69 Å². The number of hydrogen-bond donors (Lipinski definition) is 0. The van der Waals surface area contributed by atoms with Gasteiger partial charge in [0.25, 0.3) is 5.56 Å². The lowest BCUT2D eigenvalue weighted by Crippen LogP contribution is -2.18. The SMILES string of the molecule is Cc1cccc2nc(Cn3cc(Br)c([N+](=O)[O-])n3)cc(=O)n12. The van der Waals surface area contributed by atoms with Crippen molar-refractivity contribution in [3.05, 3.63) is 66.8 Å². The summed E-state index contributed by atoms with van der Waals surface area (Å²) < 4.78 is 3.16. The zero-order chi connectivity index (χ0) is 15.9. The van der Waals surface area contributed by atoms with Crippen molar-refractivity contribution >= 4 is 27.4 Å². The normalized spacial score (nSPS) is 11.0. The molecule has 0 aliphatic carbocycles. The largest absolute Gasteiger partial charge is 0.404 e. The fraction of sp³-hybridized carbons (Fsp3) is 0.154. The molecule has 0 aliphatic rings. The Kier molecular flexibility index (Phi) is 3.49. The van der Waals surface area contributed by atoms with Crippen LogP contribution in [0.15, 0.2) is 39.7 Å².